The zero-order valence-electron chi connectivity index (χ0n) is 18.4. The quantitative estimate of drug-likeness (QED) is 0.127. The molecule has 0 aliphatic carbocycles. The molecular weight excluding hydrogens is 348 g/mol. The highest BCUT2D eigenvalue weighted by molar-refractivity contribution is 4.58. The summed E-state index contributed by atoms with van der Waals surface area (Å²) in [5.74, 6) is 0. The molecule has 1 atom stereocenters. The van der Waals surface area contributed by atoms with E-state index in [0.29, 0.717) is 26.4 Å². The predicted molar refractivity (Wildman–Crippen MR) is 108 cm³/mol. The number of unbranched alkanes of at least 4 members (excludes halogenated alkanes) is 4. The van der Waals surface area contributed by atoms with Crippen molar-refractivity contribution in [1.82, 2.24) is 0 Å². The summed E-state index contributed by atoms with van der Waals surface area (Å²) in [7, 11) is 1.73. The summed E-state index contributed by atoms with van der Waals surface area (Å²) >= 11 is 0. The third-order valence-electron chi connectivity index (χ3n) is 3.81. The fourth-order valence-electron chi connectivity index (χ4n) is 2.37. The molecule has 0 saturated heterocycles. The molecular formula is C21H44O6. The average Bonchev–Trinajstić information content (AvgIpc) is 2.61. The zero-order valence-corrected chi connectivity index (χ0v) is 18.4. The Morgan fingerprint density at radius 1 is 0.667 bits per heavy atom. The summed E-state index contributed by atoms with van der Waals surface area (Å²) in [6, 6.07) is 0. The zero-order chi connectivity index (χ0) is 20.2. The molecule has 164 valence electrons. The van der Waals surface area contributed by atoms with Crippen LogP contribution in [0.4, 0.5) is 0 Å². The van der Waals surface area contributed by atoms with Gasteiger partial charge in [0, 0.05) is 33.5 Å². The number of hydrogen-bond acceptors (Lipinski definition) is 6. The minimum absolute atomic E-state index is 0.0650. The summed E-state index contributed by atoms with van der Waals surface area (Å²) in [4.78, 5) is 10.4. The van der Waals surface area contributed by atoms with E-state index >= 15 is 0 Å². The number of hydrogen-bond donors (Lipinski definition) is 0. The molecule has 0 fully saturated rings. The van der Waals surface area contributed by atoms with Crippen LogP contribution in [0.3, 0.4) is 0 Å². The van der Waals surface area contributed by atoms with E-state index in [0.717, 1.165) is 64.6 Å². The van der Waals surface area contributed by atoms with Crippen molar-refractivity contribution >= 4 is 0 Å². The van der Waals surface area contributed by atoms with Gasteiger partial charge in [-0.05, 0) is 79.1 Å². The van der Waals surface area contributed by atoms with E-state index in [2.05, 4.69) is 20.8 Å². The highest BCUT2D eigenvalue weighted by Gasteiger charge is 2.10. The Morgan fingerprint density at radius 2 is 1.26 bits per heavy atom. The van der Waals surface area contributed by atoms with Crippen LogP contribution in [0.5, 0.6) is 0 Å². The lowest BCUT2D eigenvalue weighted by Crippen LogP contribution is -2.21. The van der Waals surface area contributed by atoms with E-state index < -0.39 is 0 Å². The summed E-state index contributed by atoms with van der Waals surface area (Å²) in [6.07, 6.45) is 7.87. The van der Waals surface area contributed by atoms with E-state index in [9.17, 15) is 0 Å². The highest BCUT2D eigenvalue weighted by atomic mass is 17.2. The normalized spacial score (nSPS) is 13.2. The minimum atomic E-state index is -0.125. The molecule has 0 amide bonds. The third kappa shape index (κ3) is 21.9. The third-order valence-corrected chi connectivity index (χ3v) is 3.81. The SMILES string of the molecule is CCOC(CCCCOOCCCCCOC)OCCCCOC(C)(C)C. The first-order valence-corrected chi connectivity index (χ1v) is 10.6. The lowest BCUT2D eigenvalue weighted by atomic mass is 10.2. The first-order valence-electron chi connectivity index (χ1n) is 10.6. The molecule has 0 saturated carbocycles. The number of methoxy groups -OCH3 is 1. The maximum atomic E-state index is 5.85. The molecule has 0 aromatic rings. The molecule has 6 nitrogen and oxygen atoms in total. The maximum Gasteiger partial charge on any atom is 0.157 e. The van der Waals surface area contributed by atoms with Crippen LogP contribution in [-0.2, 0) is 28.7 Å². The topological polar surface area (TPSA) is 55.4 Å². The molecule has 0 rings (SSSR count). The Bertz CT molecular complexity index is 293. The molecule has 0 heterocycles. The molecule has 27 heavy (non-hydrogen) atoms. The van der Waals surface area contributed by atoms with Crippen LogP contribution in [-0.4, -0.2) is 58.6 Å². The van der Waals surface area contributed by atoms with Crippen molar-refractivity contribution in [3.05, 3.63) is 0 Å². The summed E-state index contributed by atoms with van der Waals surface area (Å²) in [5, 5.41) is 0. The van der Waals surface area contributed by atoms with Crippen LogP contribution in [0, 0.1) is 0 Å². The van der Waals surface area contributed by atoms with Crippen molar-refractivity contribution < 1.29 is 28.7 Å². The Hall–Kier alpha value is -0.240. The molecule has 0 aliphatic heterocycles. The Balaban J connectivity index is 3.48. The second-order valence-corrected chi connectivity index (χ2v) is 7.62. The van der Waals surface area contributed by atoms with Crippen LogP contribution in [0.2, 0.25) is 0 Å². The van der Waals surface area contributed by atoms with Crippen molar-refractivity contribution in [3.63, 3.8) is 0 Å². The molecule has 6 heteroatoms. The van der Waals surface area contributed by atoms with Gasteiger partial charge in [-0.15, -0.1) is 0 Å². The van der Waals surface area contributed by atoms with Gasteiger partial charge < -0.3 is 18.9 Å². The lowest BCUT2D eigenvalue weighted by Gasteiger charge is -2.20. The van der Waals surface area contributed by atoms with Crippen molar-refractivity contribution in [2.45, 2.75) is 91.0 Å². The van der Waals surface area contributed by atoms with E-state index in [1.54, 1.807) is 7.11 Å². The average molecular weight is 393 g/mol. The van der Waals surface area contributed by atoms with Crippen molar-refractivity contribution in [1.29, 1.82) is 0 Å². The molecule has 0 aromatic heterocycles. The largest absolute Gasteiger partial charge is 0.385 e. The summed E-state index contributed by atoms with van der Waals surface area (Å²) in [6.45, 7) is 12.4. The highest BCUT2D eigenvalue weighted by Crippen LogP contribution is 2.10. The molecule has 0 aromatic carbocycles. The molecule has 0 radical (unpaired) electrons. The Kier molecular flexibility index (Phi) is 18.9. The van der Waals surface area contributed by atoms with Crippen molar-refractivity contribution in [3.8, 4) is 0 Å². The smallest absolute Gasteiger partial charge is 0.157 e. The first kappa shape index (κ1) is 26.8. The molecule has 0 aliphatic rings. The fourth-order valence-corrected chi connectivity index (χ4v) is 2.37. The van der Waals surface area contributed by atoms with Gasteiger partial charge in [0.1, 0.15) is 0 Å². The van der Waals surface area contributed by atoms with Crippen LogP contribution >= 0.6 is 0 Å². The Morgan fingerprint density at radius 3 is 1.89 bits per heavy atom. The number of ether oxygens (including phenoxy) is 4. The molecule has 0 bridgehead atoms. The van der Waals surface area contributed by atoms with E-state index in [1.807, 2.05) is 6.92 Å². The van der Waals surface area contributed by atoms with Gasteiger partial charge in [-0.2, -0.15) is 0 Å². The van der Waals surface area contributed by atoms with Crippen LogP contribution in [0.15, 0.2) is 0 Å². The monoisotopic (exact) mass is 392 g/mol. The van der Waals surface area contributed by atoms with Gasteiger partial charge >= 0.3 is 0 Å². The van der Waals surface area contributed by atoms with Crippen LogP contribution < -0.4 is 0 Å². The van der Waals surface area contributed by atoms with Crippen molar-refractivity contribution in [2.24, 2.45) is 0 Å². The van der Waals surface area contributed by atoms with Gasteiger partial charge in [0.15, 0.2) is 6.29 Å². The van der Waals surface area contributed by atoms with Crippen LogP contribution in [0.1, 0.15) is 79.1 Å². The Labute approximate surface area is 167 Å². The lowest BCUT2D eigenvalue weighted by molar-refractivity contribution is -0.295. The molecule has 0 spiro atoms. The van der Waals surface area contributed by atoms with Gasteiger partial charge in [0.2, 0.25) is 0 Å². The number of rotatable bonds is 20. The summed E-state index contributed by atoms with van der Waals surface area (Å²) < 4.78 is 22.2. The van der Waals surface area contributed by atoms with E-state index in [4.69, 9.17) is 28.7 Å². The van der Waals surface area contributed by atoms with Gasteiger partial charge in [0.05, 0.1) is 18.8 Å². The van der Waals surface area contributed by atoms with Crippen LogP contribution in [0.25, 0.3) is 0 Å². The first-order chi connectivity index (χ1) is 13.0. The second kappa shape index (κ2) is 19.1. The molecule has 1 unspecified atom stereocenters. The molecule has 0 N–H and O–H groups in total. The van der Waals surface area contributed by atoms with Gasteiger partial charge in [0.25, 0.3) is 0 Å². The van der Waals surface area contributed by atoms with E-state index in [1.165, 1.54) is 0 Å². The predicted octanol–water partition coefficient (Wildman–Crippen LogP) is 4.90. The fraction of sp³-hybridized carbons (Fsp3) is 1.00. The van der Waals surface area contributed by atoms with Gasteiger partial charge in [-0.1, -0.05) is 0 Å². The van der Waals surface area contributed by atoms with Gasteiger partial charge in [-0.3, -0.25) is 0 Å². The van der Waals surface area contributed by atoms with Crippen molar-refractivity contribution in [2.75, 3.05) is 46.8 Å². The maximum absolute atomic E-state index is 5.85. The second-order valence-electron chi connectivity index (χ2n) is 7.62. The minimum Gasteiger partial charge on any atom is -0.385 e. The van der Waals surface area contributed by atoms with Gasteiger partial charge in [-0.25, -0.2) is 9.78 Å². The standard InChI is InChI=1S/C21H44O6/c1-6-23-20(24-16-12-13-17-25-21(2,3)4)14-8-11-19-27-26-18-10-7-9-15-22-5/h20H,6-19H2,1-5H3. The summed E-state index contributed by atoms with van der Waals surface area (Å²) in [5.41, 5.74) is -0.0650. The van der Waals surface area contributed by atoms with E-state index in [-0.39, 0.29) is 11.9 Å².